The van der Waals surface area contributed by atoms with Gasteiger partial charge in [-0.3, -0.25) is 14.9 Å². The molecule has 5 nitrogen and oxygen atoms in total. The summed E-state index contributed by atoms with van der Waals surface area (Å²) >= 11 is 11.4. The molecule has 1 aromatic rings. The highest BCUT2D eigenvalue weighted by molar-refractivity contribution is 6.43. The van der Waals surface area contributed by atoms with Crippen molar-refractivity contribution in [3.63, 3.8) is 0 Å². The Kier molecular flexibility index (Phi) is 4.72. The first-order chi connectivity index (χ1) is 7.97. The number of carbonyl (C=O) groups excluding carboxylic acids is 1. The Labute approximate surface area is 107 Å². The van der Waals surface area contributed by atoms with Crippen molar-refractivity contribution in [2.75, 3.05) is 6.61 Å². The number of hydrogen-bond donors (Lipinski definition) is 0. The maximum atomic E-state index is 11.3. The van der Waals surface area contributed by atoms with Crippen LogP contribution in [0.15, 0.2) is 12.1 Å². The average molecular weight is 278 g/mol. The zero-order valence-corrected chi connectivity index (χ0v) is 10.4. The van der Waals surface area contributed by atoms with Gasteiger partial charge in [-0.1, -0.05) is 23.2 Å². The van der Waals surface area contributed by atoms with Crippen molar-refractivity contribution in [1.29, 1.82) is 0 Å². The van der Waals surface area contributed by atoms with Crippen molar-refractivity contribution < 1.29 is 14.5 Å². The summed E-state index contributed by atoms with van der Waals surface area (Å²) in [6, 6.07) is 2.80. The van der Waals surface area contributed by atoms with Gasteiger partial charge in [-0.05, 0) is 19.1 Å². The number of hydrogen-bond acceptors (Lipinski definition) is 4. The van der Waals surface area contributed by atoms with Crippen LogP contribution in [-0.2, 0) is 16.0 Å². The number of esters is 1. The summed E-state index contributed by atoms with van der Waals surface area (Å²) in [4.78, 5) is 21.4. The van der Waals surface area contributed by atoms with Gasteiger partial charge in [0.1, 0.15) is 5.02 Å². The molecule has 0 unspecified atom stereocenters. The van der Waals surface area contributed by atoms with Crippen molar-refractivity contribution in [2.45, 2.75) is 13.3 Å². The molecule has 0 N–H and O–H groups in total. The summed E-state index contributed by atoms with van der Waals surface area (Å²) in [7, 11) is 0. The molecule has 1 rings (SSSR count). The second kappa shape index (κ2) is 5.84. The van der Waals surface area contributed by atoms with E-state index in [1.54, 1.807) is 6.92 Å². The van der Waals surface area contributed by atoms with Crippen LogP contribution in [0.4, 0.5) is 5.69 Å². The summed E-state index contributed by atoms with van der Waals surface area (Å²) in [6.45, 7) is 1.87. The molecule has 0 aliphatic rings. The van der Waals surface area contributed by atoms with Gasteiger partial charge in [0.15, 0.2) is 0 Å². The van der Waals surface area contributed by atoms with Gasteiger partial charge in [-0.25, -0.2) is 0 Å². The van der Waals surface area contributed by atoms with Gasteiger partial charge >= 0.3 is 5.97 Å². The highest BCUT2D eigenvalue weighted by Gasteiger charge is 2.23. The van der Waals surface area contributed by atoms with Crippen LogP contribution in [0.1, 0.15) is 12.5 Å². The monoisotopic (exact) mass is 277 g/mol. The number of nitro groups is 1. The van der Waals surface area contributed by atoms with E-state index in [4.69, 9.17) is 27.9 Å². The maximum absolute atomic E-state index is 11.3. The molecule has 0 amide bonds. The number of ether oxygens (including phenoxy) is 1. The lowest BCUT2D eigenvalue weighted by molar-refractivity contribution is -0.385. The van der Waals surface area contributed by atoms with E-state index < -0.39 is 10.9 Å². The van der Waals surface area contributed by atoms with Gasteiger partial charge in [0.05, 0.1) is 23.0 Å². The lowest BCUT2D eigenvalue weighted by Crippen LogP contribution is -2.09. The Hall–Kier alpha value is -1.33. The molecule has 0 bridgehead atoms. The lowest BCUT2D eigenvalue weighted by Gasteiger charge is -2.05. The van der Waals surface area contributed by atoms with Gasteiger partial charge in [0, 0.05) is 5.56 Å². The molecule has 0 saturated heterocycles. The second-order valence-corrected chi connectivity index (χ2v) is 3.89. The Morgan fingerprint density at radius 2 is 2.12 bits per heavy atom. The molecule has 0 aliphatic heterocycles. The van der Waals surface area contributed by atoms with Crippen LogP contribution < -0.4 is 0 Å². The summed E-state index contributed by atoms with van der Waals surface area (Å²) in [5.41, 5.74) is -0.171. The van der Waals surface area contributed by atoms with E-state index in [0.29, 0.717) is 0 Å². The Balaban J connectivity index is 3.11. The van der Waals surface area contributed by atoms with Crippen LogP contribution in [0, 0.1) is 10.1 Å². The Bertz CT molecular complexity index is 462. The minimum absolute atomic E-state index is 0.0750. The molecule has 92 valence electrons. The molecular formula is C10H9Cl2NO4. The largest absolute Gasteiger partial charge is 0.466 e. The molecule has 17 heavy (non-hydrogen) atoms. The fourth-order valence-corrected chi connectivity index (χ4v) is 1.69. The molecule has 0 heterocycles. The standard InChI is InChI=1S/C10H9Cl2NO4/c1-2-17-8(14)5-6-3-4-7(11)9(12)10(6)13(15)16/h3-4H,2,5H2,1H3. The van der Waals surface area contributed by atoms with Gasteiger partial charge in [0.2, 0.25) is 0 Å². The third-order valence-electron chi connectivity index (χ3n) is 1.98. The van der Waals surface area contributed by atoms with Crippen LogP contribution in [0.3, 0.4) is 0 Å². The molecule has 0 atom stereocenters. The van der Waals surface area contributed by atoms with E-state index in [9.17, 15) is 14.9 Å². The van der Waals surface area contributed by atoms with Crippen molar-refractivity contribution in [3.05, 3.63) is 37.9 Å². The first-order valence-corrected chi connectivity index (χ1v) is 5.49. The van der Waals surface area contributed by atoms with E-state index in [1.165, 1.54) is 12.1 Å². The highest BCUT2D eigenvalue weighted by Crippen LogP contribution is 2.35. The molecular weight excluding hydrogens is 269 g/mol. The van der Waals surface area contributed by atoms with E-state index >= 15 is 0 Å². The van der Waals surface area contributed by atoms with Crippen LogP contribution >= 0.6 is 23.2 Å². The molecule has 0 radical (unpaired) electrons. The fraction of sp³-hybridized carbons (Fsp3) is 0.300. The van der Waals surface area contributed by atoms with Crippen LogP contribution in [-0.4, -0.2) is 17.5 Å². The number of nitrogens with zero attached hydrogens (tertiary/aromatic N) is 1. The SMILES string of the molecule is CCOC(=O)Cc1ccc(Cl)c(Cl)c1[N+](=O)[O-]. The quantitative estimate of drug-likeness (QED) is 0.482. The van der Waals surface area contributed by atoms with Crippen molar-refractivity contribution in [1.82, 2.24) is 0 Å². The first kappa shape index (κ1) is 13.7. The van der Waals surface area contributed by atoms with Gasteiger partial charge in [-0.15, -0.1) is 0 Å². The lowest BCUT2D eigenvalue weighted by atomic mass is 10.1. The topological polar surface area (TPSA) is 69.4 Å². The van der Waals surface area contributed by atoms with Gasteiger partial charge in [-0.2, -0.15) is 0 Å². The normalized spacial score (nSPS) is 10.1. The van der Waals surface area contributed by atoms with Crippen LogP contribution in [0.2, 0.25) is 10.0 Å². The number of nitro benzene ring substituents is 1. The average Bonchev–Trinajstić information content (AvgIpc) is 2.23. The minimum atomic E-state index is -0.664. The third kappa shape index (κ3) is 3.31. The van der Waals surface area contributed by atoms with E-state index in [0.717, 1.165) is 0 Å². The van der Waals surface area contributed by atoms with Crippen molar-refractivity contribution in [3.8, 4) is 0 Å². The molecule has 0 aliphatic carbocycles. The van der Waals surface area contributed by atoms with Crippen molar-refractivity contribution >= 4 is 34.9 Å². The smallest absolute Gasteiger partial charge is 0.310 e. The summed E-state index contributed by atoms with van der Waals surface area (Å²) < 4.78 is 4.71. The number of carbonyl (C=O) groups is 1. The zero-order valence-electron chi connectivity index (χ0n) is 8.91. The van der Waals surface area contributed by atoms with Crippen LogP contribution in [0.5, 0.6) is 0 Å². The third-order valence-corrected chi connectivity index (χ3v) is 2.77. The summed E-state index contributed by atoms with van der Waals surface area (Å²) in [6.07, 6.45) is -0.207. The van der Waals surface area contributed by atoms with E-state index in [1.807, 2.05) is 0 Å². The molecule has 7 heteroatoms. The second-order valence-electron chi connectivity index (χ2n) is 3.11. The Morgan fingerprint density at radius 3 is 2.65 bits per heavy atom. The summed E-state index contributed by atoms with van der Waals surface area (Å²) in [5.74, 6) is -0.547. The van der Waals surface area contributed by atoms with E-state index in [-0.39, 0.29) is 34.3 Å². The van der Waals surface area contributed by atoms with E-state index in [2.05, 4.69) is 0 Å². The predicted molar refractivity (Wildman–Crippen MR) is 63.5 cm³/mol. The number of benzene rings is 1. The van der Waals surface area contributed by atoms with Crippen LogP contribution in [0.25, 0.3) is 0 Å². The number of halogens is 2. The molecule has 0 fully saturated rings. The maximum Gasteiger partial charge on any atom is 0.310 e. The van der Waals surface area contributed by atoms with Gasteiger partial charge < -0.3 is 4.74 Å². The Morgan fingerprint density at radius 1 is 1.47 bits per heavy atom. The molecule has 0 spiro atoms. The minimum Gasteiger partial charge on any atom is -0.466 e. The molecule has 0 aromatic heterocycles. The summed E-state index contributed by atoms with van der Waals surface area (Å²) in [5, 5.41) is 10.8. The van der Waals surface area contributed by atoms with Gasteiger partial charge in [0.25, 0.3) is 5.69 Å². The predicted octanol–water partition coefficient (Wildman–Crippen LogP) is 3.01. The molecule has 1 aromatic carbocycles. The zero-order chi connectivity index (χ0) is 13.0. The van der Waals surface area contributed by atoms with Crippen molar-refractivity contribution in [2.24, 2.45) is 0 Å². The first-order valence-electron chi connectivity index (χ1n) is 4.74. The highest BCUT2D eigenvalue weighted by atomic mass is 35.5. The number of rotatable bonds is 4. The fourth-order valence-electron chi connectivity index (χ4n) is 1.29. The molecule has 0 saturated carbocycles.